The van der Waals surface area contributed by atoms with E-state index in [1.807, 2.05) is 31.2 Å². The molecule has 3 aromatic carbocycles. The first-order chi connectivity index (χ1) is 13.0. The topological polar surface area (TPSA) is 35.5 Å². The highest BCUT2D eigenvalue weighted by Crippen LogP contribution is 2.34. The van der Waals surface area contributed by atoms with E-state index in [-0.39, 0.29) is 5.41 Å². The third kappa shape index (κ3) is 4.37. The second-order valence-corrected chi connectivity index (χ2v) is 6.90. The molecule has 0 aliphatic rings. The fourth-order valence-corrected chi connectivity index (χ4v) is 2.99. The van der Waals surface area contributed by atoms with Gasteiger partial charge in [-0.05, 0) is 66.6 Å². The number of rotatable bonds is 7. The summed E-state index contributed by atoms with van der Waals surface area (Å²) in [6.45, 7) is 7.06. The number of benzene rings is 3. The normalized spacial score (nSPS) is 11.1. The minimum absolute atomic E-state index is 0.130. The van der Waals surface area contributed by atoms with Gasteiger partial charge in [0.1, 0.15) is 23.5 Å². The maximum Gasteiger partial charge on any atom is 0.150 e. The van der Waals surface area contributed by atoms with Crippen LogP contribution in [0.5, 0.6) is 17.2 Å². The summed E-state index contributed by atoms with van der Waals surface area (Å²) in [6, 6.07) is 23.5. The molecule has 0 aromatic heterocycles. The first-order valence-corrected chi connectivity index (χ1v) is 9.10. The average Bonchev–Trinajstić information content (AvgIpc) is 2.70. The molecule has 0 spiro atoms. The van der Waals surface area contributed by atoms with Gasteiger partial charge in [0.05, 0.1) is 6.61 Å². The zero-order chi connectivity index (χ0) is 19.3. The molecule has 3 aromatic rings. The fraction of sp³-hybridized carbons (Fsp3) is 0.208. The van der Waals surface area contributed by atoms with Crippen LogP contribution in [0.2, 0.25) is 0 Å². The van der Waals surface area contributed by atoms with Crippen LogP contribution >= 0.6 is 0 Å². The lowest BCUT2D eigenvalue weighted by atomic mass is 9.78. The Morgan fingerprint density at radius 2 is 1.19 bits per heavy atom. The van der Waals surface area contributed by atoms with Gasteiger partial charge < -0.3 is 9.47 Å². The molecule has 0 aliphatic heterocycles. The highest BCUT2D eigenvalue weighted by molar-refractivity contribution is 5.74. The van der Waals surface area contributed by atoms with Gasteiger partial charge in [-0.1, -0.05) is 38.1 Å². The first kappa shape index (κ1) is 18.7. The quantitative estimate of drug-likeness (QED) is 0.484. The molecule has 3 rings (SSSR count). The van der Waals surface area contributed by atoms with Crippen molar-refractivity contribution in [1.29, 1.82) is 0 Å². The van der Waals surface area contributed by atoms with Crippen LogP contribution in [0, 0.1) is 0 Å². The van der Waals surface area contributed by atoms with Gasteiger partial charge in [-0.25, -0.2) is 0 Å². The Bertz CT molecular complexity index is 876. The van der Waals surface area contributed by atoms with Gasteiger partial charge in [-0.2, -0.15) is 0 Å². The highest BCUT2D eigenvalue weighted by atomic mass is 16.5. The van der Waals surface area contributed by atoms with Crippen LogP contribution in [0.15, 0.2) is 72.8 Å². The minimum atomic E-state index is -0.130. The van der Waals surface area contributed by atoms with Crippen molar-refractivity contribution in [2.75, 3.05) is 6.61 Å². The summed E-state index contributed by atoms with van der Waals surface area (Å²) in [5.41, 5.74) is 2.93. The number of ether oxygens (including phenoxy) is 2. The molecule has 0 radical (unpaired) electrons. The summed E-state index contributed by atoms with van der Waals surface area (Å²) in [6.07, 6.45) is 0.821. The average molecular weight is 360 g/mol. The largest absolute Gasteiger partial charge is 0.494 e. The summed E-state index contributed by atoms with van der Waals surface area (Å²) in [4.78, 5) is 10.7. The van der Waals surface area contributed by atoms with Crippen LogP contribution in [-0.2, 0) is 5.41 Å². The second-order valence-electron chi connectivity index (χ2n) is 6.90. The van der Waals surface area contributed by atoms with Gasteiger partial charge in [0.15, 0.2) is 0 Å². The van der Waals surface area contributed by atoms with Gasteiger partial charge in [-0.15, -0.1) is 0 Å². The van der Waals surface area contributed by atoms with Crippen LogP contribution in [-0.4, -0.2) is 12.9 Å². The summed E-state index contributed by atoms with van der Waals surface area (Å²) >= 11 is 0. The summed E-state index contributed by atoms with van der Waals surface area (Å²) < 4.78 is 11.4. The molecule has 3 nitrogen and oxygen atoms in total. The molecule has 0 saturated carbocycles. The van der Waals surface area contributed by atoms with Crippen molar-refractivity contribution in [3.8, 4) is 17.2 Å². The fourth-order valence-electron chi connectivity index (χ4n) is 2.99. The lowest BCUT2D eigenvalue weighted by Gasteiger charge is -2.26. The van der Waals surface area contributed by atoms with E-state index < -0.39 is 0 Å². The van der Waals surface area contributed by atoms with Gasteiger partial charge >= 0.3 is 0 Å². The third-order valence-corrected chi connectivity index (χ3v) is 4.71. The Labute approximate surface area is 160 Å². The molecule has 0 N–H and O–H groups in total. The van der Waals surface area contributed by atoms with Crippen LogP contribution < -0.4 is 9.47 Å². The van der Waals surface area contributed by atoms with Crippen LogP contribution in [0.3, 0.4) is 0 Å². The Morgan fingerprint density at radius 1 is 0.741 bits per heavy atom. The predicted molar refractivity (Wildman–Crippen MR) is 108 cm³/mol. The molecule has 0 aliphatic carbocycles. The van der Waals surface area contributed by atoms with E-state index in [1.54, 1.807) is 24.3 Å². The van der Waals surface area contributed by atoms with Crippen molar-refractivity contribution in [2.45, 2.75) is 26.2 Å². The number of aldehydes is 1. The van der Waals surface area contributed by atoms with Gasteiger partial charge in [-0.3, -0.25) is 4.79 Å². The monoisotopic (exact) mass is 360 g/mol. The minimum Gasteiger partial charge on any atom is -0.494 e. The Kier molecular flexibility index (Phi) is 5.60. The van der Waals surface area contributed by atoms with E-state index in [0.717, 1.165) is 17.8 Å². The number of hydrogen-bond acceptors (Lipinski definition) is 3. The Morgan fingerprint density at radius 3 is 1.63 bits per heavy atom. The van der Waals surface area contributed by atoms with Crippen LogP contribution in [0.1, 0.15) is 42.3 Å². The lowest BCUT2D eigenvalue weighted by Crippen LogP contribution is -2.18. The molecule has 0 unspecified atom stereocenters. The smallest absolute Gasteiger partial charge is 0.150 e. The molecule has 0 bridgehead atoms. The molecule has 27 heavy (non-hydrogen) atoms. The van der Waals surface area contributed by atoms with Crippen LogP contribution in [0.25, 0.3) is 0 Å². The SMILES string of the molecule is CCOc1ccc(C(C)(C)c2ccc(Oc3ccc(C=O)cc3)cc2)cc1. The first-order valence-electron chi connectivity index (χ1n) is 9.10. The molecular weight excluding hydrogens is 336 g/mol. The van der Waals surface area contributed by atoms with Crippen molar-refractivity contribution in [1.82, 2.24) is 0 Å². The molecule has 0 atom stereocenters. The van der Waals surface area contributed by atoms with E-state index in [9.17, 15) is 4.79 Å². The molecule has 0 amide bonds. The highest BCUT2D eigenvalue weighted by Gasteiger charge is 2.23. The van der Waals surface area contributed by atoms with Gasteiger partial charge in [0.2, 0.25) is 0 Å². The molecule has 0 saturated heterocycles. The Balaban J connectivity index is 1.75. The Hall–Kier alpha value is -3.07. The maximum atomic E-state index is 10.7. The molecule has 138 valence electrons. The molecule has 0 fully saturated rings. The van der Waals surface area contributed by atoms with E-state index >= 15 is 0 Å². The predicted octanol–water partition coefficient (Wildman–Crippen LogP) is 6.02. The van der Waals surface area contributed by atoms with E-state index in [1.165, 1.54) is 11.1 Å². The van der Waals surface area contributed by atoms with E-state index in [4.69, 9.17) is 9.47 Å². The van der Waals surface area contributed by atoms with Gasteiger partial charge in [0.25, 0.3) is 0 Å². The third-order valence-electron chi connectivity index (χ3n) is 4.71. The van der Waals surface area contributed by atoms with Crippen LogP contribution in [0.4, 0.5) is 0 Å². The lowest BCUT2D eigenvalue weighted by molar-refractivity contribution is 0.112. The number of carbonyl (C=O) groups is 1. The van der Waals surface area contributed by atoms with E-state index in [0.29, 0.717) is 17.9 Å². The van der Waals surface area contributed by atoms with Crippen molar-refractivity contribution >= 4 is 6.29 Å². The van der Waals surface area contributed by atoms with Crippen molar-refractivity contribution in [2.24, 2.45) is 0 Å². The van der Waals surface area contributed by atoms with Crippen molar-refractivity contribution < 1.29 is 14.3 Å². The zero-order valence-electron chi connectivity index (χ0n) is 15.9. The van der Waals surface area contributed by atoms with E-state index in [2.05, 4.69) is 38.1 Å². The summed E-state index contributed by atoms with van der Waals surface area (Å²) in [7, 11) is 0. The summed E-state index contributed by atoms with van der Waals surface area (Å²) in [5.74, 6) is 2.36. The van der Waals surface area contributed by atoms with Gasteiger partial charge in [0, 0.05) is 11.0 Å². The molecule has 3 heteroatoms. The number of hydrogen-bond donors (Lipinski definition) is 0. The van der Waals surface area contributed by atoms with Crippen molar-refractivity contribution in [3.05, 3.63) is 89.5 Å². The maximum absolute atomic E-state index is 10.7. The molecule has 0 heterocycles. The summed E-state index contributed by atoms with van der Waals surface area (Å²) in [5, 5.41) is 0. The standard InChI is InChI=1S/C24H24O3/c1-4-26-21-13-7-19(8-14-21)24(2,3)20-9-15-23(16-10-20)27-22-11-5-18(17-25)6-12-22/h5-17H,4H2,1-3H3. The second kappa shape index (κ2) is 8.09. The zero-order valence-corrected chi connectivity index (χ0v) is 15.9. The van der Waals surface area contributed by atoms with Crippen molar-refractivity contribution in [3.63, 3.8) is 0 Å². The molecular formula is C24H24O3. The number of carbonyl (C=O) groups excluding carboxylic acids is 1.